The van der Waals surface area contributed by atoms with Crippen LogP contribution in [0.4, 0.5) is 0 Å². The van der Waals surface area contributed by atoms with Gasteiger partial charge in [-0.1, -0.05) is 121 Å². The summed E-state index contributed by atoms with van der Waals surface area (Å²) in [5.74, 6) is 5.95. The van der Waals surface area contributed by atoms with Crippen molar-refractivity contribution in [2.45, 2.75) is 24.0 Å². The van der Waals surface area contributed by atoms with Crippen molar-refractivity contribution in [3.8, 4) is 11.8 Å². The standard InChI is InChI=1S/C30H27NO3S/c1-25-18-20-29(21-19-25)35(33,34)31(24-26-12-5-2-6-13-26)23-11-22-30(32,27-14-7-3-8-15-27)28-16-9-4-10-17-28/h2-10,12-21,32H,23-24H2,1H3. The Balaban J connectivity index is 1.72. The SMILES string of the molecule is Cc1ccc(S(=O)(=O)N(CC#CC(O)(c2ccccc2)c2ccccc2)Cc2ccccc2)cc1. The molecular formula is C30H27NO3S. The molecule has 4 aromatic rings. The summed E-state index contributed by atoms with van der Waals surface area (Å²) in [5.41, 5.74) is 1.50. The summed E-state index contributed by atoms with van der Waals surface area (Å²) < 4.78 is 28.4. The zero-order valence-corrected chi connectivity index (χ0v) is 20.3. The molecule has 0 aromatic heterocycles. The monoisotopic (exact) mass is 481 g/mol. The van der Waals surface area contributed by atoms with Crippen LogP contribution in [0.25, 0.3) is 0 Å². The first-order valence-corrected chi connectivity index (χ1v) is 12.8. The molecule has 0 saturated heterocycles. The fourth-order valence-corrected chi connectivity index (χ4v) is 5.13. The Labute approximate surface area is 207 Å². The normalized spacial score (nSPS) is 11.6. The molecule has 1 N–H and O–H groups in total. The lowest BCUT2D eigenvalue weighted by molar-refractivity contribution is 0.145. The van der Waals surface area contributed by atoms with Gasteiger partial charge >= 0.3 is 0 Å². The molecular weight excluding hydrogens is 454 g/mol. The minimum atomic E-state index is -3.81. The molecule has 0 aliphatic heterocycles. The van der Waals surface area contributed by atoms with E-state index in [2.05, 4.69) is 11.8 Å². The third-order valence-electron chi connectivity index (χ3n) is 5.77. The van der Waals surface area contributed by atoms with E-state index in [0.717, 1.165) is 11.1 Å². The molecule has 4 nitrogen and oxygen atoms in total. The average Bonchev–Trinajstić information content (AvgIpc) is 2.90. The predicted molar refractivity (Wildman–Crippen MR) is 139 cm³/mol. The van der Waals surface area contributed by atoms with E-state index in [1.807, 2.05) is 97.9 Å². The summed E-state index contributed by atoms with van der Waals surface area (Å²) in [6, 6.07) is 34.6. The molecule has 0 amide bonds. The lowest BCUT2D eigenvalue weighted by Gasteiger charge is -2.24. The lowest BCUT2D eigenvalue weighted by atomic mass is 9.87. The van der Waals surface area contributed by atoms with Gasteiger partial charge in [0.15, 0.2) is 5.60 Å². The molecule has 0 aliphatic rings. The van der Waals surface area contributed by atoms with Gasteiger partial charge in [-0.05, 0) is 24.6 Å². The zero-order chi connectivity index (χ0) is 24.7. The number of benzene rings is 4. The molecule has 35 heavy (non-hydrogen) atoms. The maximum Gasteiger partial charge on any atom is 0.244 e. The molecule has 0 atom stereocenters. The number of aryl methyl sites for hydroxylation is 1. The second kappa shape index (κ2) is 10.7. The number of sulfonamides is 1. The van der Waals surface area contributed by atoms with Crippen molar-refractivity contribution in [3.63, 3.8) is 0 Å². The Bertz CT molecular complexity index is 1370. The molecule has 0 unspecified atom stereocenters. The number of rotatable bonds is 7. The van der Waals surface area contributed by atoms with Crippen LogP contribution in [0.5, 0.6) is 0 Å². The molecule has 176 valence electrons. The summed E-state index contributed by atoms with van der Waals surface area (Å²) in [6.45, 7) is 2.01. The fraction of sp³-hybridized carbons (Fsp3) is 0.133. The van der Waals surface area contributed by atoms with Gasteiger partial charge in [0.1, 0.15) is 0 Å². The highest BCUT2D eigenvalue weighted by atomic mass is 32.2. The minimum absolute atomic E-state index is 0.0763. The number of hydrogen-bond donors (Lipinski definition) is 1. The molecule has 0 fully saturated rings. The van der Waals surface area contributed by atoms with Gasteiger partial charge in [0.25, 0.3) is 0 Å². The Hall–Kier alpha value is -3.69. The van der Waals surface area contributed by atoms with Crippen LogP contribution in [0.15, 0.2) is 120 Å². The van der Waals surface area contributed by atoms with E-state index in [1.54, 1.807) is 24.3 Å². The summed E-state index contributed by atoms with van der Waals surface area (Å²) in [7, 11) is -3.81. The molecule has 0 spiro atoms. The molecule has 5 heteroatoms. The van der Waals surface area contributed by atoms with Crippen LogP contribution in [0.3, 0.4) is 0 Å². The van der Waals surface area contributed by atoms with Gasteiger partial charge in [-0.2, -0.15) is 4.31 Å². The van der Waals surface area contributed by atoms with Crippen molar-refractivity contribution in [2.24, 2.45) is 0 Å². The van der Waals surface area contributed by atoms with E-state index in [0.29, 0.717) is 11.1 Å². The van der Waals surface area contributed by atoms with Crippen molar-refractivity contribution in [2.75, 3.05) is 6.54 Å². The maximum absolute atomic E-state index is 13.5. The second-order valence-electron chi connectivity index (χ2n) is 8.32. The van der Waals surface area contributed by atoms with Gasteiger partial charge in [0.05, 0.1) is 11.4 Å². The number of hydrogen-bond acceptors (Lipinski definition) is 3. The van der Waals surface area contributed by atoms with Crippen LogP contribution in [0.2, 0.25) is 0 Å². The minimum Gasteiger partial charge on any atom is -0.369 e. The molecule has 0 aliphatic carbocycles. The highest BCUT2D eigenvalue weighted by Crippen LogP contribution is 2.29. The van der Waals surface area contributed by atoms with E-state index in [4.69, 9.17) is 0 Å². The molecule has 0 bridgehead atoms. The Kier molecular flexibility index (Phi) is 7.48. The smallest absolute Gasteiger partial charge is 0.244 e. The first-order valence-electron chi connectivity index (χ1n) is 11.3. The Morgan fingerprint density at radius 3 is 1.74 bits per heavy atom. The highest BCUT2D eigenvalue weighted by Gasteiger charge is 2.30. The second-order valence-corrected chi connectivity index (χ2v) is 10.3. The maximum atomic E-state index is 13.5. The van der Waals surface area contributed by atoms with Crippen LogP contribution in [-0.2, 0) is 22.2 Å². The molecule has 0 radical (unpaired) electrons. The van der Waals surface area contributed by atoms with Gasteiger partial charge in [-0.25, -0.2) is 8.42 Å². The van der Waals surface area contributed by atoms with Crippen molar-refractivity contribution >= 4 is 10.0 Å². The van der Waals surface area contributed by atoms with Crippen LogP contribution >= 0.6 is 0 Å². The van der Waals surface area contributed by atoms with Gasteiger partial charge in [0, 0.05) is 17.7 Å². The summed E-state index contributed by atoms with van der Waals surface area (Å²) in [4.78, 5) is 0.210. The molecule has 0 heterocycles. The lowest BCUT2D eigenvalue weighted by Crippen LogP contribution is -2.32. The van der Waals surface area contributed by atoms with Crippen molar-refractivity contribution in [3.05, 3.63) is 138 Å². The van der Waals surface area contributed by atoms with Crippen LogP contribution < -0.4 is 0 Å². The van der Waals surface area contributed by atoms with Crippen molar-refractivity contribution in [1.82, 2.24) is 4.31 Å². The van der Waals surface area contributed by atoms with Gasteiger partial charge in [0.2, 0.25) is 10.0 Å². The highest BCUT2D eigenvalue weighted by molar-refractivity contribution is 7.89. The zero-order valence-electron chi connectivity index (χ0n) is 19.5. The summed E-state index contributed by atoms with van der Waals surface area (Å²) in [6.07, 6.45) is 0. The van der Waals surface area contributed by atoms with E-state index in [9.17, 15) is 13.5 Å². The average molecular weight is 482 g/mol. The summed E-state index contributed by atoms with van der Waals surface area (Å²) >= 11 is 0. The molecule has 0 saturated carbocycles. The first-order chi connectivity index (χ1) is 16.9. The molecule has 4 rings (SSSR count). The predicted octanol–water partition coefficient (Wildman–Crippen LogP) is 5.13. The third-order valence-corrected chi connectivity index (χ3v) is 7.57. The molecule has 4 aromatic carbocycles. The third kappa shape index (κ3) is 5.70. The van der Waals surface area contributed by atoms with E-state index in [-0.39, 0.29) is 18.0 Å². The number of aliphatic hydroxyl groups is 1. The summed E-state index contributed by atoms with van der Waals surface area (Å²) in [5, 5.41) is 11.7. The largest absolute Gasteiger partial charge is 0.369 e. The van der Waals surface area contributed by atoms with Crippen LogP contribution in [0.1, 0.15) is 22.3 Å². The van der Waals surface area contributed by atoms with Gasteiger partial charge in [-0.15, -0.1) is 0 Å². The van der Waals surface area contributed by atoms with Gasteiger partial charge in [-0.3, -0.25) is 0 Å². The van der Waals surface area contributed by atoms with E-state index < -0.39 is 15.6 Å². The number of nitrogens with zero attached hydrogens (tertiary/aromatic N) is 1. The fourth-order valence-electron chi connectivity index (χ4n) is 3.80. The Morgan fingerprint density at radius 2 is 1.23 bits per heavy atom. The first kappa shape index (κ1) is 24.4. The van der Waals surface area contributed by atoms with E-state index >= 15 is 0 Å². The van der Waals surface area contributed by atoms with Gasteiger partial charge < -0.3 is 5.11 Å². The Morgan fingerprint density at radius 1 is 0.743 bits per heavy atom. The van der Waals surface area contributed by atoms with Crippen LogP contribution in [-0.4, -0.2) is 24.4 Å². The van der Waals surface area contributed by atoms with Crippen LogP contribution in [0, 0.1) is 18.8 Å². The van der Waals surface area contributed by atoms with Crippen molar-refractivity contribution < 1.29 is 13.5 Å². The topological polar surface area (TPSA) is 57.6 Å². The van der Waals surface area contributed by atoms with Crippen molar-refractivity contribution in [1.29, 1.82) is 0 Å². The van der Waals surface area contributed by atoms with E-state index in [1.165, 1.54) is 4.31 Å². The quantitative estimate of drug-likeness (QED) is 0.373.